The van der Waals surface area contributed by atoms with Gasteiger partial charge < -0.3 is 0 Å². The minimum atomic E-state index is 0.888. The van der Waals surface area contributed by atoms with Crippen LogP contribution in [0.25, 0.3) is 15.7 Å². The van der Waals surface area contributed by atoms with Gasteiger partial charge >= 0.3 is 0 Å². The predicted molar refractivity (Wildman–Crippen MR) is 69.9 cm³/mol. The minimum absolute atomic E-state index is 0.888. The lowest BCUT2D eigenvalue weighted by atomic mass is 10.1. The SMILES string of the molecule is S/C=C(\S)c1ccc2ccccc2c1. The lowest BCUT2D eigenvalue weighted by molar-refractivity contribution is 1.70. The molecule has 0 heterocycles. The quantitative estimate of drug-likeness (QED) is 0.664. The van der Waals surface area contributed by atoms with E-state index in [2.05, 4.69) is 55.6 Å². The molecule has 0 radical (unpaired) electrons. The van der Waals surface area contributed by atoms with Crippen molar-refractivity contribution in [2.75, 3.05) is 0 Å². The van der Waals surface area contributed by atoms with Gasteiger partial charge in [-0.15, -0.1) is 12.6 Å². The fourth-order valence-corrected chi connectivity index (χ4v) is 1.71. The van der Waals surface area contributed by atoms with Crippen LogP contribution in [0.15, 0.2) is 47.9 Å². The Labute approximate surface area is 94.5 Å². The van der Waals surface area contributed by atoms with Crippen molar-refractivity contribution in [1.82, 2.24) is 0 Å². The molecule has 14 heavy (non-hydrogen) atoms. The average molecular weight is 218 g/mol. The summed E-state index contributed by atoms with van der Waals surface area (Å²) in [6, 6.07) is 14.5. The van der Waals surface area contributed by atoms with Gasteiger partial charge in [0.2, 0.25) is 0 Å². The van der Waals surface area contributed by atoms with Crippen molar-refractivity contribution in [3.8, 4) is 0 Å². The Morgan fingerprint density at radius 1 is 1.00 bits per heavy atom. The molecular weight excluding hydrogens is 208 g/mol. The number of thiol groups is 2. The molecule has 0 atom stereocenters. The third kappa shape index (κ3) is 1.81. The maximum absolute atomic E-state index is 4.33. The van der Waals surface area contributed by atoms with E-state index in [9.17, 15) is 0 Å². The van der Waals surface area contributed by atoms with Crippen LogP contribution in [0.1, 0.15) is 5.56 Å². The summed E-state index contributed by atoms with van der Waals surface area (Å²) in [6.45, 7) is 0. The molecule has 0 aliphatic carbocycles. The Morgan fingerprint density at radius 2 is 1.71 bits per heavy atom. The van der Waals surface area contributed by atoms with Crippen LogP contribution in [-0.4, -0.2) is 0 Å². The van der Waals surface area contributed by atoms with E-state index in [1.807, 2.05) is 12.1 Å². The highest BCUT2D eigenvalue weighted by atomic mass is 32.1. The van der Waals surface area contributed by atoms with E-state index in [-0.39, 0.29) is 0 Å². The lowest BCUT2D eigenvalue weighted by Crippen LogP contribution is -1.77. The number of benzene rings is 2. The van der Waals surface area contributed by atoms with Gasteiger partial charge in [-0.2, -0.15) is 12.6 Å². The van der Waals surface area contributed by atoms with Gasteiger partial charge in [0, 0.05) is 4.91 Å². The van der Waals surface area contributed by atoms with Crippen LogP contribution in [0, 0.1) is 0 Å². The number of hydrogen-bond acceptors (Lipinski definition) is 2. The standard InChI is InChI=1S/C12H10S2/c13-8-12(14)11-6-5-9-3-1-2-4-10(9)7-11/h1-8,13-14H/b12-8-. The molecule has 70 valence electrons. The summed E-state index contributed by atoms with van der Waals surface area (Å²) in [5.74, 6) is 0. The van der Waals surface area contributed by atoms with Gasteiger partial charge in [-0.3, -0.25) is 0 Å². The van der Waals surface area contributed by atoms with Crippen molar-refractivity contribution < 1.29 is 0 Å². The molecule has 0 spiro atoms. The van der Waals surface area contributed by atoms with Crippen molar-refractivity contribution in [3.63, 3.8) is 0 Å². The van der Waals surface area contributed by atoms with Gasteiger partial charge in [-0.1, -0.05) is 36.4 Å². The first-order valence-electron chi connectivity index (χ1n) is 4.34. The van der Waals surface area contributed by atoms with Crippen molar-refractivity contribution >= 4 is 40.9 Å². The second-order valence-corrected chi connectivity index (χ2v) is 3.82. The topological polar surface area (TPSA) is 0 Å². The van der Waals surface area contributed by atoms with Crippen LogP contribution in [0.4, 0.5) is 0 Å². The third-order valence-corrected chi connectivity index (χ3v) is 3.02. The summed E-state index contributed by atoms with van der Waals surface area (Å²) in [6.07, 6.45) is 0. The molecule has 2 heteroatoms. The maximum Gasteiger partial charge on any atom is 0.0173 e. The van der Waals surface area contributed by atoms with E-state index in [0.29, 0.717) is 0 Å². The first-order valence-corrected chi connectivity index (χ1v) is 5.30. The monoisotopic (exact) mass is 218 g/mol. The van der Waals surface area contributed by atoms with E-state index in [1.165, 1.54) is 10.8 Å². The van der Waals surface area contributed by atoms with Gasteiger partial charge in [0.25, 0.3) is 0 Å². The van der Waals surface area contributed by atoms with E-state index in [4.69, 9.17) is 0 Å². The molecule has 0 nitrogen and oxygen atoms in total. The summed E-state index contributed by atoms with van der Waals surface area (Å²) >= 11 is 8.41. The zero-order chi connectivity index (χ0) is 9.97. The van der Waals surface area contributed by atoms with Crippen LogP contribution in [0.2, 0.25) is 0 Å². The second kappa shape index (κ2) is 4.11. The van der Waals surface area contributed by atoms with Crippen molar-refractivity contribution in [2.24, 2.45) is 0 Å². The Bertz CT molecular complexity index is 486. The molecule has 0 saturated carbocycles. The molecule has 0 aromatic heterocycles. The second-order valence-electron chi connectivity index (χ2n) is 3.08. The highest BCUT2D eigenvalue weighted by Gasteiger charge is 1.97. The third-order valence-electron chi connectivity index (χ3n) is 2.17. The summed E-state index contributed by atoms with van der Waals surface area (Å²) < 4.78 is 0. The normalized spacial score (nSPS) is 12.0. The Morgan fingerprint density at radius 3 is 2.43 bits per heavy atom. The molecule has 2 aromatic carbocycles. The van der Waals surface area contributed by atoms with E-state index < -0.39 is 0 Å². The number of fused-ring (bicyclic) bond motifs is 1. The zero-order valence-corrected chi connectivity index (χ0v) is 9.30. The fraction of sp³-hybridized carbons (Fsp3) is 0. The van der Waals surface area contributed by atoms with Gasteiger partial charge in [-0.05, 0) is 27.8 Å². The van der Waals surface area contributed by atoms with Crippen LogP contribution >= 0.6 is 25.3 Å². The van der Waals surface area contributed by atoms with Crippen molar-refractivity contribution in [1.29, 1.82) is 0 Å². The van der Waals surface area contributed by atoms with E-state index in [1.54, 1.807) is 5.41 Å². The molecule has 0 N–H and O–H groups in total. The van der Waals surface area contributed by atoms with Gasteiger partial charge in [0.15, 0.2) is 0 Å². The highest BCUT2D eigenvalue weighted by molar-refractivity contribution is 7.92. The van der Waals surface area contributed by atoms with Crippen LogP contribution in [-0.2, 0) is 0 Å². The Balaban J connectivity index is 2.62. The zero-order valence-electron chi connectivity index (χ0n) is 7.51. The van der Waals surface area contributed by atoms with Gasteiger partial charge in [0.05, 0.1) is 0 Å². The first-order chi connectivity index (χ1) is 6.81. The lowest BCUT2D eigenvalue weighted by Gasteiger charge is -2.02. The largest absolute Gasteiger partial charge is 0.150 e. The first kappa shape index (κ1) is 9.69. The Hall–Kier alpha value is -0.860. The molecule has 2 aromatic rings. The average Bonchev–Trinajstić information content (AvgIpc) is 2.27. The van der Waals surface area contributed by atoms with Crippen molar-refractivity contribution in [2.45, 2.75) is 0 Å². The van der Waals surface area contributed by atoms with Gasteiger partial charge in [0.1, 0.15) is 0 Å². The molecule has 0 unspecified atom stereocenters. The summed E-state index contributed by atoms with van der Waals surface area (Å²) in [4.78, 5) is 0.888. The smallest absolute Gasteiger partial charge is 0.0173 e. The number of rotatable bonds is 1. The molecule has 2 rings (SSSR count). The minimum Gasteiger partial charge on any atom is -0.150 e. The van der Waals surface area contributed by atoms with Crippen LogP contribution in [0.3, 0.4) is 0 Å². The number of hydrogen-bond donors (Lipinski definition) is 2. The molecule has 0 bridgehead atoms. The molecular formula is C12H10S2. The Kier molecular flexibility index (Phi) is 2.85. The summed E-state index contributed by atoms with van der Waals surface area (Å²) in [5.41, 5.74) is 1.10. The fourth-order valence-electron chi connectivity index (χ4n) is 1.42. The summed E-state index contributed by atoms with van der Waals surface area (Å²) in [7, 11) is 0. The molecule has 0 aliphatic rings. The van der Waals surface area contributed by atoms with Gasteiger partial charge in [-0.25, -0.2) is 0 Å². The van der Waals surface area contributed by atoms with Crippen LogP contribution in [0.5, 0.6) is 0 Å². The molecule has 0 amide bonds. The van der Waals surface area contributed by atoms with Crippen molar-refractivity contribution in [3.05, 3.63) is 53.4 Å². The molecule has 0 aliphatic heterocycles. The molecule has 0 fully saturated rings. The predicted octanol–water partition coefficient (Wildman–Crippen LogP) is 4.00. The molecule has 0 saturated heterocycles. The van der Waals surface area contributed by atoms with E-state index >= 15 is 0 Å². The van der Waals surface area contributed by atoms with E-state index in [0.717, 1.165) is 10.5 Å². The highest BCUT2D eigenvalue weighted by Crippen LogP contribution is 2.23. The van der Waals surface area contributed by atoms with Crippen LogP contribution < -0.4 is 0 Å². The maximum atomic E-state index is 4.33. The summed E-state index contributed by atoms with van der Waals surface area (Å²) in [5, 5.41) is 4.18.